The van der Waals surface area contributed by atoms with Gasteiger partial charge in [0.2, 0.25) is 5.95 Å². The van der Waals surface area contributed by atoms with Crippen molar-refractivity contribution < 1.29 is 21.6 Å². The minimum absolute atomic E-state index is 0.0849. The lowest BCUT2D eigenvalue weighted by Crippen LogP contribution is -2.33. The van der Waals surface area contributed by atoms with Gasteiger partial charge in [-0.2, -0.15) is 4.98 Å². The Hall–Kier alpha value is -3.65. The monoisotopic (exact) mass is 693 g/mol. The molecule has 0 bridgehead atoms. The second kappa shape index (κ2) is 14.5. The predicted octanol–water partition coefficient (Wildman–Crippen LogP) is 4.69. The van der Waals surface area contributed by atoms with Gasteiger partial charge in [-0.3, -0.25) is 9.36 Å². The summed E-state index contributed by atoms with van der Waals surface area (Å²) in [7, 11) is -5.28. The molecule has 2 fully saturated rings. The Morgan fingerprint density at radius 3 is 2.35 bits per heavy atom. The highest BCUT2D eigenvalue weighted by Crippen LogP contribution is 2.34. The number of ether oxygens (including phenoxy) is 1. The first kappa shape index (κ1) is 34.2. The summed E-state index contributed by atoms with van der Waals surface area (Å²) < 4.78 is 56.6. The van der Waals surface area contributed by atoms with E-state index in [9.17, 15) is 21.6 Å². The highest BCUT2D eigenvalue weighted by Gasteiger charge is 2.31. The van der Waals surface area contributed by atoms with Gasteiger partial charge in [0, 0.05) is 42.2 Å². The van der Waals surface area contributed by atoms with E-state index in [1.807, 2.05) is 12.1 Å². The van der Waals surface area contributed by atoms with Crippen LogP contribution in [0.1, 0.15) is 50.1 Å². The molecule has 1 aliphatic heterocycles. The molecular weight excluding hydrogens is 651 g/mol. The number of nitrogens with one attached hydrogen (secondary N) is 2. The van der Waals surface area contributed by atoms with Gasteiger partial charge in [0.1, 0.15) is 15.5 Å². The number of fused-ring (bicyclic) bond motifs is 1. The molecule has 6 rings (SSSR count). The van der Waals surface area contributed by atoms with Crippen LogP contribution in [0.4, 0.5) is 11.6 Å². The van der Waals surface area contributed by atoms with Gasteiger partial charge in [-0.1, -0.05) is 24.3 Å². The average Bonchev–Trinajstić information content (AvgIpc) is 3.08. The van der Waals surface area contributed by atoms with Crippen molar-refractivity contribution in [1.29, 1.82) is 0 Å². The molecule has 3 heterocycles. The number of piperidine rings is 1. The Labute approximate surface area is 282 Å². The summed E-state index contributed by atoms with van der Waals surface area (Å²) in [6, 6.07) is 16.0. The minimum Gasteiger partial charge on any atom is -0.384 e. The molecule has 0 amide bonds. The predicted molar refractivity (Wildman–Crippen MR) is 188 cm³/mol. The number of nitrogens with zero attached hydrogens (tertiary/aromatic N) is 3. The number of methoxy groups -OCH3 is 1. The molecule has 11 nitrogen and oxygen atoms in total. The van der Waals surface area contributed by atoms with Crippen molar-refractivity contribution in [2.24, 2.45) is 5.92 Å². The first-order valence-corrected chi connectivity index (χ1v) is 20.1. The summed E-state index contributed by atoms with van der Waals surface area (Å²) in [4.78, 5) is 23.8. The van der Waals surface area contributed by atoms with Gasteiger partial charge in [-0.25, -0.2) is 21.8 Å². The number of hydrogen-bond donors (Lipinski definition) is 2. The SMILES string of the molecule is COCCS(=O)(=O)c1ccc(-c2cc3cnc(Nc4ccc(CC5CCCNC5)cc4)nc3n(C3CCC(S(C)(=O)=O)CC3)c2=O)cc1. The zero-order chi connectivity index (χ0) is 33.9. The van der Waals surface area contributed by atoms with Crippen LogP contribution in [0.2, 0.25) is 0 Å². The van der Waals surface area contributed by atoms with Crippen LogP contribution < -0.4 is 16.2 Å². The molecular formula is C35H43N5O6S2. The van der Waals surface area contributed by atoms with E-state index in [0.29, 0.717) is 59.7 Å². The summed E-state index contributed by atoms with van der Waals surface area (Å²) in [5, 5.41) is 6.98. The zero-order valence-corrected chi connectivity index (χ0v) is 29.0. The molecule has 0 radical (unpaired) electrons. The van der Waals surface area contributed by atoms with Crippen molar-refractivity contribution >= 4 is 42.3 Å². The van der Waals surface area contributed by atoms with Gasteiger partial charge in [0.15, 0.2) is 9.84 Å². The van der Waals surface area contributed by atoms with Crippen LogP contribution in [-0.2, 0) is 30.8 Å². The van der Waals surface area contributed by atoms with E-state index in [0.717, 1.165) is 25.2 Å². The molecule has 2 aromatic carbocycles. The van der Waals surface area contributed by atoms with Crippen molar-refractivity contribution in [2.75, 3.05) is 44.1 Å². The second-order valence-electron chi connectivity index (χ2n) is 13.0. The van der Waals surface area contributed by atoms with E-state index in [1.54, 1.807) is 29.0 Å². The van der Waals surface area contributed by atoms with Crippen LogP contribution in [0.25, 0.3) is 22.2 Å². The zero-order valence-electron chi connectivity index (χ0n) is 27.4. The van der Waals surface area contributed by atoms with Crippen molar-refractivity contribution in [3.8, 4) is 11.1 Å². The largest absolute Gasteiger partial charge is 0.384 e. The summed E-state index contributed by atoms with van der Waals surface area (Å²) in [5.74, 6) is 0.850. The molecule has 48 heavy (non-hydrogen) atoms. The number of benzene rings is 2. The lowest BCUT2D eigenvalue weighted by atomic mass is 9.92. The molecule has 4 aromatic rings. The third kappa shape index (κ3) is 7.80. The summed E-state index contributed by atoms with van der Waals surface area (Å²) in [5.41, 5.74) is 3.26. The van der Waals surface area contributed by atoms with Crippen molar-refractivity contribution in [3.63, 3.8) is 0 Å². The molecule has 1 saturated carbocycles. The van der Waals surface area contributed by atoms with Crippen molar-refractivity contribution in [1.82, 2.24) is 19.9 Å². The Balaban J connectivity index is 1.33. The molecule has 256 valence electrons. The summed E-state index contributed by atoms with van der Waals surface area (Å²) in [6.45, 7) is 2.23. The lowest BCUT2D eigenvalue weighted by molar-refractivity contribution is 0.217. The smallest absolute Gasteiger partial charge is 0.260 e. The topological polar surface area (TPSA) is 149 Å². The number of rotatable bonds is 11. The first-order valence-electron chi connectivity index (χ1n) is 16.5. The number of sulfone groups is 2. The Morgan fingerprint density at radius 2 is 1.71 bits per heavy atom. The number of hydrogen-bond acceptors (Lipinski definition) is 10. The molecule has 2 N–H and O–H groups in total. The highest BCUT2D eigenvalue weighted by molar-refractivity contribution is 7.91. The number of anilines is 2. The van der Waals surface area contributed by atoms with Gasteiger partial charge in [-0.15, -0.1) is 0 Å². The second-order valence-corrected chi connectivity index (χ2v) is 17.5. The molecule has 13 heteroatoms. The van der Waals surface area contributed by atoms with Crippen molar-refractivity contribution in [2.45, 2.75) is 61.1 Å². The maximum atomic E-state index is 14.3. The van der Waals surface area contributed by atoms with Gasteiger partial charge in [-0.05, 0) is 105 Å². The molecule has 1 atom stereocenters. The maximum absolute atomic E-state index is 14.3. The fraction of sp³-hybridized carbons (Fsp3) is 0.457. The van der Waals surface area contributed by atoms with E-state index >= 15 is 0 Å². The molecule has 0 spiro atoms. The average molecular weight is 694 g/mol. The molecule has 1 saturated heterocycles. The van der Waals surface area contributed by atoms with Crippen LogP contribution >= 0.6 is 0 Å². The molecule has 2 aliphatic rings. The van der Waals surface area contributed by atoms with Gasteiger partial charge in [0.05, 0.1) is 22.5 Å². The maximum Gasteiger partial charge on any atom is 0.260 e. The number of pyridine rings is 1. The van der Waals surface area contributed by atoms with Gasteiger partial charge in [0.25, 0.3) is 5.56 Å². The normalized spacial score (nSPS) is 20.5. The Morgan fingerprint density at radius 1 is 0.979 bits per heavy atom. The fourth-order valence-corrected chi connectivity index (χ4v) is 9.20. The Kier molecular flexibility index (Phi) is 10.3. The van der Waals surface area contributed by atoms with Crippen LogP contribution in [-0.4, -0.2) is 75.4 Å². The summed E-state index contributed by atoms with van der Waals surface area (Å²) >= 11 is 0. The lowest BCUT2D eigenvalue weighted by Gasteiger charge is -2.29. The molecule has 2 aromatic heterocycles. The van der Waals surface area contributed by atoms with E-state index < -0.39 is 24.9 Å². The third-order valence-corrected chi connectivity index (χ3v) is 13.0. The van der Waals surface area contributed by atoms with E-state index in [1.165, 1.54) is 43.9 Å². The van der Waals surface area contributed by atoms with Crippen LogP contribution in [0, 0.1) is 5.92 Å². The quantitative estimate of drug-likeness (QED) is 0.227. The van der Waals surface area contributed by atoms with Crippen LogP contribution in [0.5, 0.6) is 0 Å². The first-order chi connectivity index (χ1) is 23.0. The van der Waals surface area contributed by atoms with Crippen LogP contribution in [0.15, 0.2) is 70.5 Å². The third-order valence-electron chi connectivity index (χ3n) is 9.60. The minimum atomic E-state index is -3.54. The fourth-order valence-electron chi connectivity index (χ4n) is 6.90. The highest BCUT2D eigenvalue weighted by atomic mass is 32.2. The van der Waals surface area contributed by atoms with E-state index in [-0.39, 0.29) is 28.9 Å². The van der Waals surface area contributed by atoms with Crippen LogP contribution in [0.3, 0.4) is 0 Å². The van der Waals surface area contributed by atoms with E-state index in [4.69, 9.17) is 9.72 Å². The van der Waals surface area contributed by atoms with Gasteiger partial charge >= 0.3 is 0 Å². The molecule has 1 unspecified atom stereocenters. The van der Waals surface area contributed by atoms with E-state index in [2.05, 4.69) is 27.8 Å². The Bertz CT molecular complexity index is 2020. The standard InChI is InChI=1S/C35H43N5O6S2/c1-46-18-19-48(44,45)31-13-7-26(8-14-31)32-21-27-23-37-35(38-28-9-5-24(6-10-28)20-25-4-3-17-36-22-25)39-33(27)40(34(32)41)29-11-15-30(16-12-29)47(2,42)43/h5-10,13-14,21,23,25,29-30,36H,3-4,11-12,15-20,22H2,1-2H3,(H,37,38,39). The van der Waals surface area contributed by atoms with Gasteiger partial charge < -0.3 is 15.4 Å². The van der Waals surface area contributed by atoms with Crippen molar-refractivity contribution in [3.05, 3.63) is 76.7 Å². The summed E-state index contributed by atoms with van der Waals surface area (Å²) in [6.07, 6.45) is 8.35. The molecule has 1 aliphatic carbocycles. The number of aromatic nitrogens is 3.